The van der Waals surface area contributed by atoms with Gasteiger partial charge < -0.3 is 5.11 Å². The summed E-state index contributed by atoms with van der Waals surface area (Å²) in [6.07, 6.45) is 1.96. The van der Waals surface area contributed by atoms with Crippen LogP contribution >= 0.6 is 11.8 Å². The maximum atomic E-state index is 10.5. The van der Waals surface area contributed by atoms with Gasteiger partial charge in [-0.25, -0.2) is 4.98 Å². The van der Waals surface area contributed by atoms with Crippen LogP contribution in [-0.4, -0.2) is 27.7 Å². The highest BCUT2D eigenvalue weighted by Crippen LogP contribution is 2.26. The van der Waals surface area contributed by atoms with E-state index in [1.165, 1.54) is 11.8 Å². The summed E-state index contributed by atoms with van der Waals surface area (Å²) in [5.41, 5.74) is 1.55. The Bertz CT molecular complexity index is 352. The van der Waals surface area contributed by atoms with Gasteiger partial charge in [0.15, 0.2) is 6.29 Å². The van der Waals surface area contributed by atoms with Crippen molar-refractivity contribution >= 4 is 18.0 Å². The Morgan fingerprint density at radius 1 is 1.53 bits per heavy atom. The van der Waals surface area contributed by atoms with Gasteiger partial charge in [-0.1, -0.05) is 6.92 Å². The molecule has 2 atom stereocenters. The largest absolute Gasteiger partial charge is 0.392 e. The maximum absolute atomic E-state index is 10.5. The zero-order chi connectivity index (χ0) is 11.4. The fraction of sp³-hybridized carbons (Fsp3) is 0.455. The van der Waals surface area contributed by atoms with Crippen molar-refractivity contribution in [1.82, 2.24) is 4.98 Å². The van der Waals surface area contributed by atoms with Crippen LogP contribution in [0.25, 0.3) is 0 Å². The first-order valence-corrected chi connectivity index (χ1v) is 5.69. The highest BCUT2D eigenvalue weighted by atomic mass is 32.2. The molecule has 4 heteroatoms. The third kappa shape index (κ3) is 3.32. The quantitative estimate of drug-likeness (QED) is 0.629. The molecule has 0 aliphatic heterocycles. The number of aliphatic hydroxyl groups is 1. The number of rotatable bonds is 4. The molecular weight excluding hydrogens is 210 g/mol. The number of pyridine rings is 1. The number of aliphatic hydroxyl groups excluding tert-OH is 1. The third-order valence-electron chi connectivity index (χ3n) is 2.16. The van der Waals surface area contributed by atoms with Crippen molar-refractivity contribution in [2.45, 2.75) is 37.2 Å². The number of thioether (sulfide) groups is 1. The Balaban J connectivity index is 2.82. The number of carbonyl (C=O) groups is 1. The first kappa shape index (κ1) is 12.2. The van der Waals surface area contributed by atoms with E-state index < -0.39 is 0 Å². The molecule has 3 nitrogen and oxygen atoms in total. The molecule has 0 aromatic carbocycles. The fourth-order valence-electron chi connectivity index (χ4n) is 1.05. The molecule has 0 aliphatic rings. The molecule has 0 amide bonds. The molecule has 1 heterocycles. The van der Waals surface area contributed by atoms with E-state index in [0.29, 0.717) is 5.56 Å². The SMILES string of the molecule is Cc1cc(C=O)cnc1SC(C)C(C)O. The second kappa shape index (κ2) is 5.28. The minimum Gasteiger partial charge on any atom is -0.392 e. The number of aryl methyl sites for hydroxylation is 1. The van der Waals surface area contributed by atoms with Crippen LogP contribution in [0.1, 0.15) is 29.8 Å². The molecule has 1 rings (SSSR count). The molecule has 0 spiro atoms. The molecule has 1 aromatic rings. The summed E-state index contributed by atoms with van der Waals surface area (Å²) >= 11 is 1.52. The van der Waals surface area contributed by atoms with Gasteiger partial charge in [0.25, 0.3) is 0 Å². The van der Waals surface area contributed by atoms with Crippen molar-refractivity contribution in [2.24, 2.45) is 0 Å². The van der Waals surface area contributed by atoms with Gasteiger partial charge in [0, 0.05) is 17.0 Å². The van der Waals surface area contributed by atoms with E-state index in [2.05, 4.69) is 4.98 Å². The predicted molar refractivity (Wildman–Crippen MR) is 61.4 cm³/mol. The van der Waals surface area contributed by atoms with Gasteiger partial charge in [0.2, 0.25) is 0 Å². The molecule has 0 fully saturated rings. The smallest absolute Gasteiger partial charge is 0.151 e. The molecule has 1 aromatic heterocycles. The lowest BCUT2D eigenvalue weighted by Gasteiger charge is -2.14. The topological polar surface area (TPSA) is 50.2 Å². The van der Waals surface area contributed by atoms with E-state index in [0.717, 1.165) is 16.9 Å². The van der Waals surface area contributed by atoms with E-state index >= 15 is 0 Å². The normalized spacial score (nSPS) is 14.7. The van der Waals surface area contributed by atoms with Crippen molar-refractivity contribution in [2.75, 3.05) is 0 Å². The molecule has 0 aliphatic carbocycles. The number of aromatic nitrogens is 1. The average Bonchev–Trinajstić information content (AvgIpc) is 2.20. The molecule has 82 valence electrons. The lowest BCUT2D eigenvalue weighted by atomic mass is 10.2. The zero-order valence-corrected chi connectivity index (χ0v) is 9.91. The minimum atomic E-state index is -0.373. The summed E-state index contributed by atoms with van der Waals surface area (Å²) in [5.74, 6) is 0. The second-order valence-electron chi connectivity index (χ2n) is 3.57. The number of hydrogen-bond donors (Lipinski definition) is 1. The van der Waals surface area contributed by atoms with Crippen molar-refractivity contribution in [3.05, 3.63) is 23.4 Å². The van der Waals surface area contributed by atoms with Gasteiger partial charge in [-0.05, 0) is 25.5 Å². The summed E-state index contributed by atoms with van der Waals surface area (Å²) in [6, 6.07) is 1.80. The van der Waals surface area contributed by atoms with Crippen molar-refractivity contribution in [1.29, 1.82) is 0 Å². The first-order chi connectivity index (χ1) is 7.04. The summed E-state index contributed by atoms with van der Waals surface area (Å²) in [4.78, 5) is 14.7. The lowest BCUT2D eigenvalue weighted by molar-refractivity contribution is 0.112. The monoisotopic (exact) mass is 225 g/mol. The number of carbonyl (C=O) groups excluding carboxylic acids is 1. The maximum Gasteiger partial charge on any atom is 0.151 e. The first-order valence-electron chi connectivity index (χ1n) is 4.81. The van der Waals surface area contributed by atoms with Gasteiger partial charge in [-0.15, -0.1) is 11.8 Å². The second-order valence-corrected chi connectivity index (χ2v) is 4.94. The lowest BCUT2D eigenvalue weighted by Crippen LogP contribution is -2.15. The van der Waals surface area contributed by atoms with Crippen LogP contribution in [0.3, 0.4) is 0 Å². The molecule has 0 saturated heterocycles. The van der Waals surface area contributed by atoms with Crippen LogP contribution in [0.15, 0.2) is 17.3 Å². The summed E-state index contributed by atoms with van der Waals surface area (Å²) in [5, 5.41) is 10.3. The summed E-state index contributed by atoms with van der Waals surface area (Å²) in [6.45, 7) is 5.62. The van der Waals surface area contributed by atoms with Crippen LogP contribution in [0.5, 0.6) is 0 Å². The molecule has 0 radical (unpaired) electrons. The molecule has 2 unspecified atom stereocenters. The summed E-state index contributed by atoms with van der Waals surface area (Å²) < 4.78 is 0. The Morgan fingerprint density at radius 2 is 2.20 bits per heavy atom. The zero-order valence-electron chi connectivity index (χ0n) is 9.10. The highest BCUT2D eigenvalue weighted by Gasteiger charge is 2.12. The van der Waals surface area contributed by atoms with Crippen LogP contribution in [0, 0.1) is 6.92 Å². The van der Waals surface area contributed by atoms with Crippen LogP contribution < -0.4 is 0 Å². The van der Waals surface area contributed by atoms with Gasteiger partial charge in [0.1, 0.15) is 0 Å². The van der Waals surface area contributed by atoms with E-state index in [4.69, 9.17) is 0 Å². The van der Waals surface area contributed by atoms with E-state index in [9.17, 15) is 9.90 Å². The molecule has 0 saturated carbocycles. The molecule has 0 bridgehead atoms. The van der Waals surface area contributed by atoms with Crippen LogP contribution in [0.4, 0.5) is 0 Å². The van der Waals surface area contributed by atoms with E-state index in [1.807, 2.05) is 13.8 Å². The average molecular weight is 225 g/mol. The predicted octanol–water partition coefficient (Wildman–Crippen LogP) is 2.06. The molecule has 15 heavy (non-hydrogen) atoms. The number of nitrogens with zero attached hydrogens (tertiary/aromatic N) is 1. The van der Waals surface area contributed by atoms with Crippen LogP contribution in [-0.2, 0) is 0 Å². The third-order valence-corrected chi connectivity index (χ3v) is 3.58. The Labute approximate surface area is 93.9 Å². The van der Waals surface area contributed by atoms with Gasteiger partial charge in [-0.2, -0.15) is 0 Å². The Hall–Kier alpha value is -0.870. The van der Waals surface area contributed by atoms with Gasteiger partial charge in [-0.3, -0.25) is 4.79 Å². The van der Waals surface area contributed by atoms with E-state index in [1.54, 1.807) is 19.2 Å². The number of aldehydes is 1. The standard InChI is InChI=1S/C11H15NO2S/c1-7-4-10(6-13)5-12-11(7)15-9(3)8(2)14/h4-6,8-9,14H,1-3H3. The van der Waals surface area contributed by atoms with Crippen molar-refractivity contribution in [3.8, 4) is 0 Å². The minimum absolute atomic E-state index is 0.0956. The van der Waals surface area contributed by atoms with Crippen molar-refractivity contribution in [3.63, 3.8) is 0 Å². The van der Waals surface area contributed by atoms with E-state index in [-0.39, 0.29) is 11.4 Å². The fourth-order valence-corrected chi connectivity index (χ4v) is 1.95. The van der Waals surface area contributed by atoms with Gasteiger partial charge in [0.05, 0.1) is 11.1 Å². The highest BCUT2D eigenvalue weighted by molar-refractivity contribution is 7.99. The summed E-state index contributed by atoms with van der Waals surface area (Å²) in [7, 11) is 0. The van der Waals surface area contributed by atoms with Crippen LogP contribution in [0.2, 0.25) is 0 Å². The molecular formula is C11H15NO2S. The Morgan fingerprint density at radius 3 is 2.67 bits per heavy atom. The van der Waals surface area contributed by atoms with Gasteiger partial charge >= 0.3 is 0 Å². The number of hydrogen-bond acceptors (Lipinski definition) is 4. The van der Waals surface area contributed by atoms with Crippen molar-refractivity contribution < 1.29 is 9.90 Å². The Kier molecular flexibility index (Phi) is 4.29. The molecule has 1 N–H and O–H groups in total.